The van der Waals surface area contributed by atoms with Gasteiger partial charge in [0, 0.05) is 16.7 Å². The van der Waals surface area contributed by atoms with E-state index in [-0.39, 0.29) is 52.0 Å². The number of aliphatic hydroxyl groups is 1. The van der Waals surface area contributed by atoms with Crippen LogP contribution in [0.3, 0.4) is 0 Å². The van der Waals surface area contributed by atoms with E-state index in [1.165, 1.54) is 13.2 Å². The van der Waals surface area contributed by atoms with Crippen LogP contribution in [0.4, 0.5) is 0 Å². The van der Waals surface area contributed by atoms with Gasteiger partial charge in [-0.15, -0.1) is 0 Å². The zero-order chi connectivity index (χ0) is 21.8. The molecule has 3 N–H and O–H groups in total. The molecule has 2 aromatic rings. The van der Waals surface area contributed by atoms with Crippen molar-refractivity contribution in [1.29, 1.82) is 0 Å². The lowest BCUT2D eigenvalue weighted by Gasteiger charge is -2.31. The maximum Gasteiger partial charge on any atom is 0.202 e. The number of rotatable bonds is 4. The lowest BCUT2D eigenvalue weighted by molar-refractivity contribution is -0.184. The van der Waals surface area contributed by atoms with Gasteiger partial charge in [-0.3, -0.25) is 9.59 Å². The van der Waals surface area contributed by atoms with Gasteiger partial charge in [0.05, 0.1) is 30.4 Å². The molecule has 30 heavy (non-hydrogen) atoms. The number of phenols is 2. The lowest BCUT2D eigenvalue weighted by Crippen LogP contribution is -2.30. The van der Waals surface area contributed by atoms with Gasteiger partial charge in [0.1, 0.15) is 17.2 Å². The van der Waals surface area contributed by atoms with Gasteiger partial charge in [-0.05, 0) is 45.1 Å². The first kappa shape index (κ1) is 20.4. The molecule has 7 nitrogen and oxygen atoms in total. The summed E-state index contributed by atoms with van der Waals surface area (Å²) in [6, 6.07) is 4.70. The van der Waals surface area contributed by atoms with E-state index >= 15 is 0 Å². The predicted molar refractivity (Wildman–Crippen MR) is 107 cm³/mol. The maximum absolute atomic E-state index is 13.2. The highest BCUT2D eigenvalue weighted by Gasteiger charge is 2.40. The number of aromatic hydroxyl groups is 2. The molecule has 0 spiro atoms. The number of methoxy groups -OCH3 is 1. The van der Waals surface area contributed by atoms with Crippen LogP contribution in [0.2, 0.25) is 0 Å². The Labute approximate surface area is 173 Å². The van der Waals surface area contributed by atoms with Crippen LogP contribution in [0.25, 0.3) is 0 Å². The summed E-state index contributed by atoms with van der Waals surface area (Å²) in [6.07, 6.45) is 1.43. The number of ketones is 2. The number of carbonyl (C=O) groups excluding carboxylic acids is 2. The average Bonchev–Trinajstić information content (AvgIpc) is 2.71. The molecular formula is C23H24O7. The Morgan fingerprint density at radius 1 is 1.03 bits per heavy atom. The molecule has 158 valence electrons. The van der Waals surface area contributed by atoms with Gasteiger partial charge in [-0.2, -0.15) is 0 Å². The van der Waals surface area contributed by atoms with Crippen molar-refractivity contribution in [2.45, 2.75) is 38.9 Å². The highest BCUT2D eigenvalue weighted by atomic mass is 16.6. The van der Waals surface area contributed by atoms with Crippen LogP contribution in [-0.2, 0) is 17.6 Å². The third-order valence-corrected chi connectivity index (χ3v) is 5.80. The molecule has 7 heteroatoms. The van der Waals surface area contributed by atoms with Crippen LogP contribution in [0.15, 0.2) is 18.2 Å². The minimum absolute atomic E-state index is 0.00551. The van der Waals surface area contributed by atoms with Gasteiger partial charge in [-0.25, -0.2) is 0 Å². The van der Waals surface area contributed by atoms with Crippen LogP contribution < -0.4 is 4.74 Å². The van der Waals surface area contributed by atoms with Gasteiger partial charge >= 0.3 is 0 Å². The fraction of sp³-hybridized carbons (Fsp3) is 0.391. The Morgan fingerprint density at radius 3 is 2.37 bits per heavy atom. The largest absolute Gasteiger partial charge is 0.507 e. The number of carbonyl (C=O) groups is 2. The third-order valence-electron chi connectivity index (χ3n) is 5.80. The summed E-state index contributed by atoms with van der Waals surface area (Å²) in [5.41, 5.74) is 0.832. The van der Waals surface area contributed by atoms with Crippen LogP contribution in [0.5, 0.6) is 17.2 Å². The van der Waals surface area contributed by atoms with E-state index in [4.69, 9.17) is 9.47 Å². The SMILES string of the molecule is COc1cccc2c1C(=O)c1c(O)c3c(c(O)c1C2=O)CC(COC(C)(C)O)CC3. The van der Waals surface area contributed by atoms with E-state index < -0.39 is 17.4 Å². The monoisotopic (exact) mass is 412 g/mol. The van der Waals surface area contributed by atoms with E-state index in [2.05, 4.69) is 0 Å². The van der Waals surface area contributed by atoms with Crippen LogP contribution in [0, 0.1) is 5.92 Å². The maximum atomic E-state index is 13.2. The molecule has 0 heterocycles. The van der Waals surface area contributed by atoms with Crippen molar-refractivity contribution < 1.29 is 34.4 Å². The molecule has 1 unspecified atom stereocenters. The molecule has 0 amide bonds. The summed E-state index contributed by atoms with van der Waals surface area (Å²) in [5.74, 6) is -2.62. The molecule has 1 atom stereocenters. The van der Waals surface area contributed by atoms with E-state index in [1.807, 2.05) is 0 Å². The fourth-order valence-electron chi connectivity index (χ4n) is 4.34. The van der Waals surface area contributed by atoms with Crippen molar-refractivity contribution >= 4 is 11.6 Å². The molecule has 0 bridgehead atoms. The molecule has 2 aliphatic rings. The Balaban J connectivity index is 1.81. The van der Waals surface area contributed by atoms with Crippen molar-refractivity contribution in [3.63, 3.8) is 0 Å². The second kappa shape index (κ2) is 7.11. The third kappa shape index (κ3) is 3.14. The first-order valence-corrected chi connectivity index (χ1v) is 9.86. The average molecular weight is 412 g/mol. The quantitative estimate of drug-likeness (QED) is 0.446. The standard InChI is InChI=1S/C23H24O7/c1-23(2,28)30-10-11-7-8-12-14(9-11)21(26)17-18(19(12)24)22(27)16-13(20(17)25)5-4-6-15(16)29-3/h4-6,11,24,26,28H,7-10H2,1-3H3. The summed E-state index contributed by atoms with van der Waals surface area (Å²) in [7, 11) is 1.41. The molecule has 0 saturated carbocycles. The van der Waals surface area contributed by atoms with Crippen molar-refractivity contribution in [2.75, 3.05) is 13.7 Å². The van der Waals surface area contributed by atoms with Gasteiger partial charge < -0.3 is 24.8 Å². The van der Waals surface area contributed by atoms with Gasteiger partial charge in [0.15, 0.2) is 11.6 Å². The highest BCUT2D eigenvalue weighted by molar-refractivity contribution is 6.31. The Bertz CT molecular complexity index is 1060. The Hall–Kier alpha value is -2.90. The van der Waals surface area contributed by atoms with E-state index in [9.17, 15) is 24.9 Å². The van der Waals surface area contributed by atoms with E-state index in [0.29, 0.717) is 30.4 Å². The molecule has 0 radical (unpaired) electrons. The molecule has 2 aliphatic carbocycles. The Kier molecular flexibility index (Phi) is 4.83. The minimum Gasteiger partial charge on any atom is -0.507 e. The van der Waals surface area contributed by atoms with Crippen molar-refractivity contribution in [3.8, 4) is 17.2 Å². The van der Waals surface area contributed by atoms with Crippen LogP contribution >= 0.6 is 0 Å². The summed E-state index contributed by atoms with van der Waals surface area (Å²) in [5, 5.41) is 31.7. The van der Waals surface area contributed by atoms with Crippen LogP contribution in [0.1, 0.15) is 63.2 Å². The van der Waals surface area contributed by atoms with Crippen LogP contribution in [-0.4, -0.2) is 46.4 Å². The first-order chi connectivity index (χ1) is 14.1. The molecule has 0 aliphatic heterocycles. The number of phenolic OH excluding ortho intramolecular Hbond substituents is 2. The number of benzene rings is 2. The number of hydrogen-bond acceptors (Lipinski definition) is 7. The van der Waals surface area contributed by atoms with E-state index in [0.717, 1.165) is 0 Å². The number of hydrogen-bond donors (Lipinski definition) is 3. The normalized spacial score (nSPS) is 17.9. The van der Waals surface area contributed by atoms with Gasteiger partial charge in [0.25, 0.3) is 0 Å². The van der Waals surface area contributed by atoms with Crippen molar-refractivity contribution in [3.05, 3.63) is 51.6 Å². The van der Waals surface area contributed by atoms with Gasteiger partial charge in [0.2, 0.25) is 5.78 Å². The second-order valence-corrected chi connectivity index (χ2v) is 8.31. The number of fused-ring (bicyclic) bond motifs is 3. The first-order valence-electron chi connectivity index (χ1n) is 9.86. The molecule has 0 saturated heterocycles. The molecular weight excluding hydrogens is 388 g/mol. The van der Waals surface area contributed by atoms with Crippen molar-refractivity contribution in [1.82, 2.24) is 0 Å². The fourth-order valence-corrected chi connectivity index (χ4v) is 4.34. The predicted octanol–water partition coefficient (Wildman–Crippen LogP) is 2.73. The summed E-state index contributed by atoms with van der Waals surface area (Å²) >= 11 is 0. The second-order valence-electron chi connectivity index (χ2n) is 8.31. The topological polar surface area (TPSA) is 113 Å². The summed E-state index contributed by atoms with van der Waals surface area (Å²) in [6.45, 7) is 3.35. The summed E-state index contributed by atoms with van der Waals surface area (Å²) in [4.78, 5) is 26.4. The van der Waals surface area contributed by atoms with Crippen molar-refractivity contribution in [2.24, 2.45) is 5.92 Å². The molecule has 0 aromatic heterocycles. The van der Waals surface area contributed by atoms with Gasteiger partial charge in [-0.1, -0.05) is 12.1 Å². The zero-order valence-corrected chi connectivity index (χ0v) is 17.1. The molecule has 4 rings (SSSR count). The summed E-state index contributed by atoms with van der Waals surface area (Å²) < 4.78 is 10.7. The zero-order valence-electron chi connectivity index (χ0n) is 17.1. The minimum atomic E-state index is -1.27. The lowest BCUT2D eigenvalue weighted by atomic mass is 9.75. The number of ether oxygens (including phenoxy) is 2. The highest BCUT2D eigenvalue weighted by Crippen LogP contribution is 2.47. The molecule has 2 aromatic carbocycles. The smallest absolute Gasteiger partial charge is 0.202 e. The molecule has 0 fully saturated rings. The Morgan fingerprint density at radius 2 is 1.70 bits per heavy atom. The van der Waals surface area contributed by atoms with E-state index in [1.54, 1.807) is 26.0 Å².